The number of nitrogens with one attached hydrogen (secondary N) is 3. The molecule has 0 saturated heterocycles. The summed E-state index contributed by atoms with van der Waals surface area (Å²) < 4.78 is 1.72. The van der Waals surface area contributed by atoms with E-state index in [0.29, 0.717) is 22.1 Å². The number of benzene rings is 4. The molecule has 5 N–H and O–H groups in total. The van der Waals surface area contributed by atoms with E-state index in [9.17, 15) is 9.59 Å². The first kappa shape index (κ1) is 31.6. The molecule has 4 aromatic carbocycles. The van der Waals surface area contributed by atoms with E-state index in [1.807, 2.05) is 84.3 Å². The Hall–Kier alpha value is -4.35. The molecule has 2 aromatic heterocycles. The molecule has 0 unspecified atom stereocenters. The highest BCUT2D eigenvalue weighted by Gasteiger charge is 2.07. The number of carbonyl (C=O) groups excluding carboxylic acids is 2. The number of nitrogens with zero attached hydrogens (tertiary/aromatic N) is 2. The number of pyridine rings is 2. The Balaban J connectivity index is 0.000000162. The molecule has 2 heterocycles. The van der Waals surface area contributed by atoms with Crippen LogP contribution in [0.5, 0.6) is 0 Å². The lowest BCUT2D eigenvalue weighted by molar-refractivity contribution is 0.0949. The van der Waals surface area contributed by atoms with Crippen LogP contribution in [0.25, 0.3) is 21.5 Å². The number of halogens is 3. The number of hydrazine groups is 2. The van der Waals surface area contributed by atoms with Gasteiger partial charge in [0.25, 0.3) is 11.8 Å². The second kappa shape index (κ2) is 15.8. The van der Waals surface area contributed by atoms with Gasteiger partial charge in [-0.05, 0) is 59.3 Å². The first-order valence-corrected chi connectivity index (χ1v) is 14.7. The van der Waals surface area contributed by atoms with Crippen molar-refractivity contribution in [2.75, 3.05) is 5.43 Å². The smallest absolute Gasteiger partial charge is 0.269 e. The molecule has 0 radical (unpaired) electrons. The third kappa shape index (κ3) is 9.07. The van der Waals surface area contributed by atoms with E-state index >= 15 is 0 Å². The van der Waals surface area contributed by atoms with Gasteiger partial charge in [0.1, 0.15) is 5.15 Å². The zero-order chi connectivity index (χ0) is 30.6. The fraction of sp³-hybridized carbons (Fsp3) is 0. The lowest BCUT2D eigenvalue weighted by atomic mass is 10.2. The number of carbonyl (C=O) groups is 2. The van der Waals surface area contributed by atoms with Crippen LogP contribution >= 0.6 is 43.5 Å². The maximum absolute atomic E-state index is 12.1. The van der Waals surface area contributed by atoms with E-state index in [0.717, 1.165) is 30.5 Å². The predicted octanol–water partition coefficient (Wildman–Crippen LogP) is 7.70. The van der Waals surface area contributed by atoms with E-state index < -0.39 is 0 Å². The highest BCUT2D eigenvalue weighted by Crippen LogP contribution is 2.21. The molecule has 0 aliphatic heterocycles. The zero-order valence-corrected chi connectivity index (χ0v) is 26.4. The lowest BCUT2D eigenvalue weighted by Gasteiger charge is -2.10. The summed E-state index contributed by atoms with van der Waals surface area (Å²) in [6, 6.07) is 33.8. The monoisotopic (exact) mass is 718 g/mol. The largest absolute Gasteiger partial charge is 0.290 e. The zero-order valence-electron chi connectivity index (χ0n) is 22.5. The molecular weight excluding hydrogens is 696 g/mol. The number of hydrogen-bond donors (Lipinski definition) is 4. The van der Waals surface area contributed by atoms with Gasteiger partial charge in [-0.1, -0.05) is 104 Å². The summed E-state index contributed by atoms with van der Waals surface area (Å²) in [5.74, 6) is 5.06. The van der Waals surface area contributed by atoms with Gasteiger partial charge in [-0.3, -0.25) is 25.9 Å². The molecule has 0 aliphatic carbocycles. The predicted molar refractivity (Wildman–Crippen MR) is 180 cm³/mol. The third-order valence-corrected chi connectivity index (χ3v) is 7.19. The number of rotatable bonds is 4. The van der Waals surface area contributed by atoms with Crippen molar-refractivity contribution in [2.45, 2.75) is 0 Å². The van der Waals surface area contributed by atoms with Crippen LogP contribution in [0.3, 0.4) is 0 Å². The highest BCUT2D eigenvalue weighted by atomic mass is 79.9. The number of nitrogens with two attached hydrogens (primary N) is 1. The van der Waals surface area contributed by atoms with Crippen LogP contribution < -0.4 is 22.1 Å². The molecule has 11 heteroatoms. The summed E-state index contributed by atoms with van der Waals surface area (Å²) in [6.45, 7) is 0. The molecule has 0 fully saturated rings. The Morgan fingerprint density at radius 1 is 0.651 bits per heavy atom. The topological polar surface area (TPSA) is 122 Å². The van der Waals surface area contributed by atoms with Crippen LogP contribution in [0.15, 0.2) is 131 Å². The first-order valence-electron chi connectivity index (χ1n) is 12.8. The van der Waals surface area contributed by atoms with Crippen LogP contribution in [-0.4, -0.2) is 21.8 Å². The van der Waals surface area contributed by atoms with Crippen molar-refractivity contribution in [3.63, 3.8) is 0 Å². The highest BCUT2D eigenvalue weighted by molar-refractivity contribution is 9.10. The molecule has 8 nitrogen and oxygen atoms in total. The fourth-order valence-electron chi connectivity index (χ4n) is 3.83. The molecule has 43 heavy (non-hydrogen) atoms. The van der Waals surface area contributed by atoms with Crippen molar-refractivity contribution in [1.29, 1.82) is 0 Å². The average molecular weight is 721 g/mol. The van der Waals surface area contributed by atoms with Crippen molar-refractivity contribution in [3.8, 4) is 0 Å². The minimum atomic E-state index is -0.286. The van der Waals surface area contributed by atoms with E-state index in [1.54, 1.807) is 42.7 Å². The second-order valence-electron chi connectivity index (χ2n) is 8.78. The van der Waals surface area contributed by atoms with Crippen LogP contribution in [0.2, 0.25) is 5.15 Å². The minimum absolute atomic E-state index is 0.217. The quantitative estimate of drug-likeness (QED) is 0.0642. The van der Waals surface area contributed by atoms with Gasteiger partial charge in [-0.15, -0.1) is 0 Å². The van der Waals surface area contributed by atoms with Gasteiger partial charge < -0.3 is 0 Å². The summed E-state index contributed by atoms with van der Waals surface area (Å²) in [5, 5.41) is 4.73. The van der Waals surface area contributed by atoms with Gasteiger partial charge in [0.2, 0.25) is 0 Å². The fourth-order valence-corrected chi connectivity index (χ4v) is 4.86. The van der Waals surface area contributed by atoms with Crippen molar-refractivity contribution in [1.82, 2.24) is 20.8 Å². The molecule has 0 saturated carbocycles. The van der Waals surface area contributed by atoms with Crippen LogP contribution in [0, 0.1) is 0 Å². The summed E-state index contributed by atoms with van der Waals surface area (Å²) in [7, 11) is 0. The van der Waals surface area contributed by atoms with Crippen LogP contribution in [0.1, 0.15) is 20.7 Å². The molecule has 2 amide bonds. The van der Waals surface area contributed by atoms with Gasteiger partial charge in [-0.25, -0.2) is 15.8 Å². The van der Waals surface area contributed by atoms with Gasteiger partial charge in [0.15, 0.2) is 5.82 Å². The molecule has 0 spiro atoms. The number of amides is 2. The Morgan fingerprint density at radius 3 is 1.77 bits per heavy atom. The number of anilines is 1. The maximum atomic E-state index is 12.1. The summed E-state index contributed by atoms with van der Waals surface area (Å²) in [4.78, 5) is 31.2. The number of aromatic nitrogens is 2. The molecular formula is C32H25Br2ClN6O2. The molecule has 0 aliphatic rings. The third-order valence-electron chi connectivity index (χ3n) is 5.90. The van der Waals surface area contributed by atoms with Crippen LogP contribution in [0.4, 0.5) is 5.82 Å². The average Bonchev–Trinajstić information content (AvgIpc) is 3.04. The van der Waals surface area contributed by atoms with Gasteiger partial charge >= 0.3 is 0 Å². The normalized spacial score (nSPS) is 10.0. The van der Waals surface area contributed by atoms with Gasteiger partial charge in [0.05, 0.1) is 0 Å². The molecule has 216 valence electrons. The number of fused-ring (bicyclic) bond motifs is 2. The summed E-state index contributed by atoms with van der Waals surface area (Å²) >= 11 is 12.4. The van der Waals surface area contributed by atoms with E-state index in [-0.39, 0.29) is 11.8 Å². The van der Waals surface area contributed by atoms with E-state index in [4.69, 9.17) is 17.4 Å². The Kier molecular flexibility index (Phi) is 11.6. The van der Waals surface area contributed by atoms with Crippen molar-refractivity contribution in [3.05, 3.63) is 147 Å². The standard InChI is InChI=1S/C16H12BrN3O.C9H6ClN.C7H7BrN2O/c17-13-6-3-5-12(10-13)16(21)20-19-15-14-7-2-1-4-11(14)8-9-18-15;10-9-8-4-2-1-3-7(8)5-6-11-9;8-6-3-1-2-5(4-6)7(11)10-9/h1-10H,(H,18,19)(H,20,21);1-6H;1-4H,9H2,(H,10,11). The van der Waals surface area contributed by atoms with Crippen molar-refractivity contribution in [2.24, 2.45) is 5.84 Å². The Morgan fingerprint density at radius 2 is 1.19 bits per heavy atom. The maximum Gasteiger partial charge on any atom is 0.269 e. The molecule has 0 bridgehead atoms. The van der Waals surface area contributed by atoms with Crippen molar-refractivity contribution < 1.29 is 9.59 Å². The Bertz CT molecular complexity index is 1860. The van der Waals surface area contributed by atoms with Gasteiger partial charge in [0, 0.05) is 43.2 Å². The van der Waals surface area contributed by atoms with E-state index in [2.05, 4.69) is 52.7 Å². The summed E-state index contributed by atoms with van der Waals surface area (Å²) in [5.41, 5.74) is 8.70. The number of hydrogen-bond acceptors (Lipinski definition) is 6. The number of nitrogen functional groups attached to an aromatic ring is 1. The van der Waals surface area contributed by atoms with Gasteiger partial charge in [-0.2, -0.15) is 0 Å². The molecule has 6 rings (SSSR count). The summed E-state index contributed by atoms with van der Waals surface area (Å²) in [6.07, 6.45) is 3.42. The Labute approximate surface area is 269 Å². The van der Waals surface area contributed by atoms with Crippen molar-refractivity contribution >= 4 is 82.6 Å². The minimum Gasteiger partial charge on any atom is -0.290 e. The van der Waals surface area contributed by atoms with Crippen LogP contribution in [-0.2, 0) is 0 Å². The first-order chi connectivity index (χ1) is 20.9. The second-order valence-corrected chi connectivity index (χ2v) is 11.0. The SMILES string of the molecule is Clc1nccc2ccccc12.NNC(=O)c1cccc(Br)c1.O=C(NNc1nccc2ccccc12)c1cccc(Br)c1. The van der Waals surface area contributed by atoms with E-state index in [1.165, 1.54) is 0 Å². The molecule has 6 aromatic rings. The molecule has 0 atom stereocenters. The lowest BCUT2D eigenvalue weighted by Crippen LogP contribution is -2.29.